The average Bonchev–Trinajstić information content (AvgIpc) is 2.83. The van der Waals surface area contributed by atoms with E-state index in [0.717, 1.165) is 21.5 Å². The summed E-state index contributed by atoms with van der Waals surface area (Å²) in [6.45, 7) is 0. The van der Waals surface area contributed by atoms with Gasteiger partial charge >= 0.3 is 0 Å². The van der Waals surface area contributed by atoms with Gasteiger partial charge in [0.05, 0.1) is 10.3 Å². The summed E-state index contributed by atoms with van der Waals surface area (Å²) in [6.07, 6.45) is 0. The second-order valence-electron chi connectivity index (χ2n) is 3.15. The van der Waals surface area contributed by atoms with Gasteiger partial charge in [0.2, 0.25) is 0 Å². The van der Waals surface area contributed by atoms with Gasteiger partial charge in [-0.3, -0.25) is 0 Å². The lowest BCUT2D eigenvalue weighted by Crippen LogP contribution is -1.71. The molecule has 4 heteroatoms. The lowest BCUT2D eigenvalue weighted by Gasteiger charge is -1.91. The standard InChI is InChI=1S/C11H6ClNOS/c12-7-3-4-9-8(6-7)11(13-14-9)10-2-1-5-15-10/h1-6H. The van der Waals surface area contributed by atoms with Crippen LogP contribution in [0.1, 0.15) is 0 Å². The van der Waals surface area contributed by atoms with E-state index in [1.54, 1.807) is 17.4 Å². The molecule has 0 aliphatic rings. The lowest BCUT2D eigenvalue weighted by atomic mass is 10.2. The van der Waals surface area contributed by atoms with Crippen LogP contribution in [0.15, 0.2) is 40.2 Å². The van der Waals surface area contributed by atoms with Crippen molar-refractivity contribution in [3.8, 4) is 10.6 Å². The number of aromatic nitrogens is 1. The maximum atomic E-state index is 5.94. The molecule has 0 saturated carbocycles. The van der Waals surface area contributed by atoms with Gasteiger partial charge in [0, 0.05) is 5.02 Å². The number of thiophene rings is 1. The van der Waals surface area contributed by atoms with Crippen molar-refractivity contribution in [2.75, 3.05) is 0 Å². The smallest absolute Gasteiger partial charge is 0.167 e. The molecular weight excluding hydrogens is 230 g/mol. The van der Waals surface area contributed by atoms with Gasteiger partial charge in [-0.15, -0.1) is 11.3 Å². The normalized spacial score (nSPS) is 11.0. The molecule has 2 aromatic heterocycles. The Morgan fingerprint density at radius 2 is 2.20 bits per heavy atom. The Balaban J connectivity index is 2.32. The van der Waals surface area contributed by atoms with E-state index in [1.807, 2.05) is 29.6 Å². The van der Waals surface area contributed by atoms with Crippen LogP contribution in [-0.4, -0.2) is 5.16 Å². The number of hydrogen-bond donors (Lipinski definition) is 0. The number of nitrogens with zero attached hydrogens (tertiary/aromatic N) is 1. The molecule has 15 heavy (non-hydrogen) atoms. The van der Waals surface area contributed by atoms with Crippen molar-refractivity contribution in [2.24, 2.45) is 0 Å². The van der Waals surface area contributed by atoms with Crippen molar-refractivity contribution in [3.05, 3.63) is 40.7 Å². The van der Waals surface area contributed by atoms with Crippen LogP contribution in [0.2, 0.25) is 5.02 Å². The molecule has 2 nitrogen and oxygen atoms in total. The van der Waals surface area contributed by atoms with Crippen molar-refractivity contribution in [2.45, 2.75) is 0 Å². The fourth-order valence-corrected chi connectivity index (χ4v) is 2.39. The third kappa shape index (κ3) is 1.44. The zero-order valence-corrected chi connectivity index (χ0v) is 9.18. The monoisotopic (exact) mass is 235 g/mol. The van der Waals surface area contributed by atoms with Gasteiger partial charge in [-0.05, 0) is 29.6 Å². The molecule has 74 valence electrons. The first-order chi connectivity index (χ1) is 7.34. The Hall–Kier alpha value is -1.32. The molecule has 3 aromatic rings. The topological polar surface area (TPSA) is 26.0 Å². The molecule has 0 atom stereocenters. The van der Waals surface area contributed by atoms with Crippen LogP contribution >= 0.6 is 22.9 Å². The third-order valence-corrected chi connectivity index (χ3v) is 3.30. The van der Waals surface area contributed by atoms with E-state index >= 15 is 0 Å². The van der Waals surface area contributed by atoms with Crippen LogP contribution in [0.3, 0.4) is 0 Å². The Morgan fingerprint density at radius 3 is 3.00 bits per heavy atom. The summed E-state index contributed by atoms with van der Waals surface area (Å²) >= 11 is 7.58. The highest BCUT2D eigenvalue weighted by molar-refractivity contribution is 7.13. The van der Waals surface area contributed by atoms with Crippen molar-refractivity contribution >= 4 is 33.9 Å². The van der Waals surface area contributed by atoms with E-state index in [2.05, 4.69) is 5.16 Å². The lowest BCUT2D eigenvalue weighted by molar-refractivity contribution is 0.459. The van der Waals surface area contributed by atoms with Crippen LogP contribution in [0.5, 0.6) is 0 Å². The van der Waals surface area contributed by atoms with Gasteiger partial charge in [0.25, 0.3) is 0 Å². The Bertz CT molecular complexity index is 600. The van der Waals surface area contributed by atoms with Crippen LogP contribution in [0, 0.1) is 0 Å². The molecule has 0 amide bonds. The van der Waals surface area contributed by atoms with Gasteiger partial charge in [-0.1, -0.05) is 22.8 Å². The van der Waals surface area contributed by atoms with Crippen molar-refractivity contribution < 1.29 is 4.52 Å². The molecule has 1 aromatic carbocycles. The zero-order valence-electron chi connectivity index (χ0n) is 7.61. The first-order valence-corrected chi connectivity index (χ1v) is 5.69. The molecule has 0 unspecified atom stereocenters. The second kappa shape index (κ2) is 3.36. The molecule has 0 aliphatic carbocycles. The minimum Gasteiger partial charge on any atom is -0.356 e. The minimum atomic E-state index is 0.698. The van der Waals surface area contributed by atoms with Crippen LogP contribution in [-0.2, 0) is 0 Å². The molecule has 0 fully saturated rings. The van der Waals surface area contributed by atoms with Crippen molar-refractivity contribution in [3.63, 3.8) is 0 Å². The SMILES string of the molecule is Clc1ccc2onc(-c3cccs3)c2c1. The van der Waals surface area contributed by atoms with Gasteiger partial charge in [-0.2, -0.15) is 0 Å². The molecule has 2 heterocycles. The quantitative estimate of drug-likeness (QED) is 0.632. The highest BCUT2D eigenvalue weighted by atomic mass is 35.5. The first-order valence-electron chi connectivity index (χ1n) is 4.43. The summed E-state index contributed by atoms with van der Waals surface area (Å²) < 4.78 is 5.23. The molecular formula is C11H6ClNOS. The molecule has 3 rings (SSSR count). The highest BCUT2D eigenvalue weighted by Crippen LogP contribution is 2.32. The Kier molecular flexibility index (Phi) is 2.01. The summed E-state index contributed by atoms with van der Waals surface area (Å²) in [7, 11) is 0. The predicted molar refractivity (Wildman–Crippen MR) is 62.3 cm³/mol. The Morgan fingerprint density at radius 1 is 1.27 bits per heavy atom. The summed E-state index contributed by atoms with van der Waals surface area (Å²) in [4.78, 5) is 1.09. The van der Waals surface area contributed by atoms with E-state index in [4.69, 9.17) is 16.1 Å². The minimum absolute atomic E-state index is 0.698. The van der Waals surface area contributed by atoms with E-state index < -0.39 is 0 Å². The molecule has 0 aliphatic heterocycles. The summed E-state index contributed by atoms with van der Waals surface area (Å²) in [5, 5.41) is 7.73. The third-order valence-electron chi connectivity index (χ3n) is 2.19. The van der Waals surface area contributed by atoms with Gasteiger partial charge < -0.3 is 4.52 Å². The fourth-order valence-electron chi connectivity index (χ4n) is 1.50. The summed E-state index contributed by atoms with van der Waals surface area (Å²) in [5.74, 6) is 0. The largest absolute Gasteiger partial charge is 0.356 e. The first kappa shape index (κ1) is 8.95. The van der Waals surface area contributed by atoms with Gasteiger partial charge in [0.1, 0.15) is 5.69 Å². The number of halogens is 1. The maximum Gasteiger partial charge on any atom is 0.167 e. The van der Waals surface area contributed by atoms with Crippen molar-refractivity contribution in [1.82, 2.24) is 5.16 Å². The van der Waals surface area contributed by atoms with E-state index in [-0.39, 0.29) is 0 Å². The number of benzene rings is 1. The predicted octanol–water partition coefficient (Wildman–Crippen LogP) is 4.21. The number of fused-ring (bicyclic) bond motifs is 1. The molecule has 0 radical (unpaired) electrons. The molecule has 0 saturated heterocycles. The average molecular weight is 236 g/mol. The van der Waals surface area contributed by atoms with E-state index in [1.165, 1.54) is 0 Å². The summed E-state index contributed by atoms with van der Waals surface area (Å²) in [5.41, 5.74) is 1.63. The highest BCUT2D eigenvalue weighted by Gasteiger charge is 2.10. The molecule has 0 N–H and O–H groups in total. The van der Waals surface area contributed by atoms with Gasteiger partial charge in [0.15, 0.2) is 5.58 Å². The number of hydrogen-bond acceptors (Lipinski definition) is 3. The molecule has 0 bridgehead atoms. The van der Waals surface area contributed by atoms with E-state index in [9.17, 15) is 0 Å². The van der Waals surface area contributed by atoms with Gasteiger partial charge in [-0.25, -0.2) is 0 Å². The second-order valence-corrected chi connectivity index (χ2v) is 4.53. The van der Waals surface area contributed by atoms with Crippen LogP contribution in [0.4, 0.5) is 0 Å². The fraction of sp³-hybridized carbons (Fsp3) is 0. The molecule has 0 spiro atoms. The van der Waals surface area contributed by atoms with Crippen LogP contribution in [0.25, 0.3) is 21.5 Å². The van der Waals surface area contributed by atoms with Crippen molar-refractivity contribution in [1.29, 1.82) is 0 Å². The maximum absolute atomic E-state index is 5.94. The zero-order chi connectivity index (χ0) is 10.3. The summed E-state index contributed by atoms with van der Waals surface area (Å²) in [6, 6.07) is 9.52. The Labute approximate surface area is 95.1 Å². The van der Waals surface area contributed by atoms with E-state index in [0.29, 0.717) is 5.02 Å². The van der Waals surface area contributed by atoms with Crippen LogP contribution < -0.4 is 0 Å². The number of rotatable bonds is 1.